The van der Waals surface area contributed by atoms with E-state index in [1.54, 1.807) is 0 Å². The lowest BCUT2D eigenvalue weighted by Gasteiger charge is -2.00. The molecule has 0 radical (unpaired) electrons. The van der Waals surface area contributed by atoms with E-state index < -0.39 is 17.8 Å². The van der Waals surface area contributed by atoms with E-state index in [0.29, 0.717) is 0 Å². The number of nitrogens with two attached hydrogens (primary N) is 1. The maximum absolute atomic E-state index is 10.5. The Labute approximate surface area is 83.2 Å². The van der Waals surface area contributed by atoms with E-state index in [4.69, 9.17) is 5.73 Å². The number of carbonyl (C=O) groups is 2. The Morgan fingerprint density at radius 1 is 1.13 bits per heavy atom. The zero-order valence-corrected chi connectivity index (χ0v) is 7.33. The molecule has 0 aliphatic heterocycles. The first-order chi connectivity index (χ1) is 7.07. The molecule has 0 bridgehead atoms. The van der Waals surface area contributed by atoms with Crippen molar-refractivity contribution >= 4 is 12.1 Å². The van der Waals surface area contributed by atoms with Gasteiger partial charge in [-0.05, 0) is 0 Å². The summed E-state index contributed by atoms with van der Waals surface area (Å²) in [4.78, 5) is 36.0. The van der Waals surface area contributed by atoms with E-state index in [9.17, 15) is 9.59 Å². The van der Waals surface area contributed by atoms with Crippen LogP contribution < -0.4 is 5.73 Å². The van der Waals surface area contributed by atoms with E-state index in [1.165, 1.54) is 0 Å². The summed E-state index contributed by atoms with van der Waals surface area (Å²) in [6.45, 7) is 6.07. The normalized spacial score (nSPS) is 8.53. The molecule has 0 saturated heterocycles. The van der Waals surface area contributed by atoms with Crippen molar-refractivity contribution in [3.63, 3.8) is 0 Å². The molecule has 0 amide bonds. The Bertz CT molecular complexity index is 262. The van der Waals surface area contributed by atoms with Gasteiger partial charge < -0.3 is 10.6 Å². The van der Waals surface area contributed by atoms with Crippen LogP contribution in [0.1, 0.15) is 0 Å². The molecule has 2 N–H and O–H groups in total. The summed E-state index contributed by atoms with van der Waals surface area (Å²) in [7, 11) is 0. The predicted molar refractivity (Wildman–Crippen MR) is 40.4 cm³/mol. The second kappa shape index (κ2) is 7.17. The molecule has 0 aliphatic carbocycles. The molecule has 9 nitrogen and oxygen atoms in total. The highest BCUT2D eigenvalue weighted by Crippen LogP contribution is 1.92. The van der Waals surface area contributed by atoms with Crippen LogP contribution in [0.3, 0.4) is 0 Å². The standard InChI is InChI=1S/C6H7NO8/c1-3-10-14-12-6(9)13-15-11-5(8)4(2)7/h3H,1-2,7H2. The number of carbonyl (C=O) groups excluding carboxylic acids is 2. The Morgan fingerprint density at radius 3 is 2.27 bits per heavy atom. The van der Waals surface area contributed by atoms with Gasteiger partial charge in [0.15, 0.2) is 0 Å². The topological polar surface area (TPSA) is 116 Å². The highest BCUT2D eigenvalue weighted by molar-refractivity contribution is 5.85. The van der Waals surface area contributed by atoms with E-state index in [-0.39, 0.29) is 0 Å². The Morgan fingerprint density at radius 2 is 1.73 bits per heavy atom. The number of hydrogen-bond donors (Lipinski definition) is 1. The van der Waals surface area contributed by atoms with Crippen LogP contribution in [0.25, 0.3) is 0 Å². The van der Waals surface area contributed by atoms with Gasteiger partial charge in [-0.25, -0.2) is 14.6 Å². The lowest BCUT2D eigenvalue weighted by Crippen LogP contribution is -2.16. The first-order valence-electron chi connectivity index (χ1n) is 3.22. The average molecular weight is 221 g/mol. The molecule has 9 heteroatoms. The maximum Gasteiger partial charge on any atom is 0.578 e. The third-order valence-electron chi connectivity index (χ3n) is 0.683. The number of hydrogen-bond acceptors (Lipinski definition) is 9. The first-order valence-corrected chi connectivity index (χ1v) is 3.22. The Hall–Kier alpha value is -2.26. The summed E-state index contributed by atoms with van der Waals surface area (Å²) < 4.78 is 0. The highest BCUT2D eigenvalue weighted by Gasteiger charge is 2.11. The van der Waals surface area contributed by atoms with Gasteiger partial charge in [0.25, 0.3) is 0 Å². The number of rotatable bonds is 6. The van der Waals surface area contributed by atoms with Gasteiger partial charge in [0.1, 0.15) is 12.0 Å². The summed E-state index contributed by atoms with van der Waals surface area (Å²) in [5.41, 5.74) is 4.43. The SMILES string of the molecule is C=COOOC(=O)OOOC(=O)C(=C)N. The molecule has 0 aromatic carbocycles. The monoisotopic (exact) mass is 221 g/mol. The Kier molecular flexibility index (Phi) is 6.09. The largest absolute Gasteiger partial charge is 0.578 e. The van der Waals surface area contributed by atoms with Crippen LogP contribution in [0, 0.1) is 0 Å². The van der Waals surface area contributed by atoms with Gasteiger partial charge in [-0.15, -0.1) is 0 Å². The van der Waals surface area contributed by atoms with E-state index in [1.807, 2.05) is 0 Å². The molecule has 0 rings (SSSR count). The fraction of sp³-hybridized carbons (Fsp3) is 0. The predicted octanol–water partition coefficient (Wildman–Crippen LogP) is 0.00850. The van der Waals surface area contributed by atoms with Crippen molar-refractivity contribution in [2.75, 3.05) is 0 Å². The second-order valence-corrected chi connectivity index (χ2v) is 1.71. The smallest absolute Gasteiger partial charge is 0.393 e. The van der Waals surface area contributed by atoms with Crippen LogP contribution in [-0.4, -0.2) is 12.1 Å². The highest BCUT2D eigenvalue weighted by atomic mass is 17.6. The minimum atomic E-state index is -1.49. The van der Waals surface area contributed by atoms with Gasteiger partial charge in [0, 0.05) is 5.04 Å². The minimum Gasteiger partial charge on any atom is -0.393 e. The average Bonchev–Trinajstić information content (AvgIpc) is 2.18. The van der Waals surface area contributed by atoms with Crippen LogP contribution >= 0.6 is 0 Å². The molecule has 0 aromatic heterocycles. The lowest BCUT2D eigenvalue weighted by molar-refractivity contribution is -0.503. The molecular weight excluding hydrogens is 214 g/mol. The van der Waals surface area contributed by atoms with Crippen LogP contribution in [0.4, 0.5) is 4.79 Å². The molecular formula is C6H7NO8. The summed E-state index contributed by atoms with van der Waals surface area (Å²) >= 11 is 0. The van der Waals surface area contributed by atoms with Crippen molar-refractivity contribution in [1.82, 2.24) is 0 Å². The quantitative estimate of drug-likeness (QED) is 0.217. The summed E-state index contributed by atoms with van der Waals surface area (Å²) in [5, 5.41) is 7.32. The van der Waals surface area contributed by atoms with Gasteiger partial charge in [-0.1, -0.05) is 13.2 Å². The van der Waals surface area contributed by atoms with Crippen molar-refractivity contribution in [2.24, 2.45) is 5.73 Å². The zero-order chi connectivity index (χ0) is 11.7. The molecule has 0 heterocycles. The fourth-order valence-corrected chi connectivity index (χ4v) is 0.218. The molecule has 15 heavy (non-hydrogen) atoms. The summed E-state index contributed by atoms with van der Waals surface area (Å²) in [6.07, 6.45) is -0.667. The van der Waals surface area contributed by atoms with Crippen LogP contribution in [0.15, 0.2) is 25.1 Å². The summed E-state index contributed by atoms with van der Waals surface area (Å²) in [6, 6.07) is 0. The first kappa shape index (κ1) is 12.7. The summed E-state index contributed by atoms with van der Waals surface area (Å²) in [5.74, 6) is -1.13. The van der Waals surface area contributed by atoms with Crippen LogP contribution in [-0.2, 0) is 34.4 Å². The van der Waals surface area contributed by atoms with Crippen molar-refractivity contribution in [1.29, 1.82) is 0 Å². The molecule has 0 aliphatic rings. The van der Waals surface area contributed by atoms with Crippen LogP contribution in [0.2, 0.25) is 0 Å². The molecule has 0 spiro atoms. The molecule has 0 fully saturated rings. The molecule has 0 atom stereocenters. The van der Waals surface area contributed by atoms with E-state index in [2.05, 4.69) is 42.8 Å². The third-order valence-corrected chi connectivity index (χ3v) is 0.683. The molecule has 0 unspecified atom stereocenters. The Balaban J connectivity index is 3.50. The van der Waals surface area contributed by atoms with Gasteiger partial charge >= 0.3 is 12.1 Å². The van der Waals surface area contributed by atoms with Gasteiger partial charge in [-0.2, -0.15) is 4.79 Å². The maximum atomic E-state index is 10.5. The van der Waals surface area contributed by atoms with Crippen LogP contribution in [0.5, 0.6) is 0 Å². The van der Waals surface area contributed by atoms with Crippen molar-refractivity contribution in [3.05, 3.63) is 25.1 Å². The van der Waals surface area contributed by atoms with Crippen molar-refractivity contribution in [2.45, 2.75) is 0 Å². The zero-order valence-electron chi connectivity index (χ0n) is 7.33. The lowest BCUT2D eigenvalue weighted by atomic mass is 10.5. The second-order valence-electron chi connectivity index (χ2n) is 1.71. The van der Waals surface area contributed by atoms with Gasteiger partial charge in [-0.3, -0.25) is 4.89 Å². The molecule has 84 valence electrons. The van der Waals surface area contributed by atoms with E-state index >= 15 is 0 Å². The molecule has 0 saturated carbocycles. The van der Waals surface area contributed by atoms with Gasteiger partial charge in [0.2, 0.25) is 0 Å². The third kappa shape index (κ3) is 6.86. The van der Waals surface area contributed by atoms with E-state index in [0.717, 1.165) is 6.26 Å². The molecule has 0 aromatic rings. The minimum absolute atomic E-state index is 0.446. The fourth-order valence-electron chi connectivity index (χ4n) is 0.218. The van der Waals surface area contributed by atoms with Crippen molar-refractivity contribution in [3.8, 4) is 0 Å². The van der Waals surface area contributed by atoms with Crippen molar-refractivity contribution < 1.29 is 39.2 Å². The van der Waals surface area contributed by atoms with Gasteiger partial charge in [0.05, 0.1) is 5.04 Å².